The van der Waals surface area contributed by atoms with E-state index in [0.29, 0.717) is 12.1 Å². The van der Waals surface area contributed by atoms with E-state index in [1.165, 1.54) is 0 Å². The Morgan fingerprint density at radius 2 is 2.00 bits per heavy atom. The largest absolute Gasteiger partial charge is 0.352 e. The summed E-state index contributed by atoms with van der Waals surface area (Å²) in [6.45, 7) is 2.48. The molecular formula is C12H16INO2S. The third-order valence-corrected chi connectivity index (χ3v) is 4.60. The molecule has 1 amide bonds. The van der Waals surface area contributed by atoms with E-state index in [2.05, 4.69) is 27.9 Å². The van der Waals surface area contributed by atoms with Crippen LogP contribution in [-0.2, 0) is 10.8 Å². The number of carbonyl (C=O) groups excluding carboxylic acids is 1. The average molecular weight is 365 g/mol. The van der Waals surface area contributed by atoms with E-state index in [9.17, 15) is 9.00 Å². The highest BCUT2D eigenvalue weighted by molar-refractivity contribution is 14.1. The minimum atomic E-state index is -0.825. The molecule has 1 aromatic rings. The standard InChI is InChI=1S/C12H16INO2S/c1-9(17(2)16)7-8-14-12(15)10-3-5-11(13)6-4-10/h3-6,9H,7-8H2,1-2H3,(H,14,15). The summed E-state index contributed by atoms with van der Waals surface area (Å²) in [7, 11) is -0.825. The topological polar surface area (TPSA) is 46.2 Å². The molecule has 1 rings (SSSR count). The highest BCUT2D eigenvalue weighted by Gasteiger charge is 2.08. The monoisotopic (exact) mass is 365 g/mol. The Balaban J connectivity index is 2.40. The van der Waals surface area contributed by atoms with Crippen LogP contribution in [0.25, 0.3) is 0 Å². The molecule has 0 aromatic heterocycles. The van der Waals surface area contributed by atoms with Crippen molar-refractivity contribution in [2.45, 2.75) is 18.6 Å². The van der Waals surface area contributed by atoms with Crippen LogP contribution in [0.3, 0.4) is 0 Å². The van der Waals surface area contributed by atoms with Gasteiger partial charge >= 0.3 is 0 Å². The molecule has 2 unspecified atom stereocenters. The fraction of sp³-hybridized carbons (Fsp3) is 0.417. The fourth-order valence-electron chi connectivity index (χ4n) is 1.26. The molecule has 94 valence electrons. The minimum absolute atomic E-state index is 0.0736. The Kier molecular flexibility index (Phi) is 6.11. The van der Waals surface area contributed by atoms with Gasteiger partial charge in [0, 0.05) is 38.0 Å². The normalized spacial score (nSPS) is 14.1. The van der Waals surface area contributed by atoms with Crippen molar-refractivity contribution in [2.24, 2.45) is 0 Å². The van der Waals surface area contributed by atoms with Gasteiger partial charge in [0.05, 0.1) is 0 Å². The number of rotatable bonds is 5. The van der Waals surface area contributed by atoms with Crippen LogP contribution in [0.2, 0.25) is 0 Å². The third kappa shape index (κ3) is 5.16. The fourth-order valence-corrected chi connectivity index (χ4v) is 2.07. The van der Waals surface area contributed by atoms with E-state index in [-0.39, 0.29) is 11.2 Å². The lowest BCUT2D eigenvalue weighted by Crippen LogP contribution is -2.27. The number of carbonyl (C=O) groups is 1. The average Bonchev–Trinajstić information content (AvgIpc) is 2.29. The summed E-state index contributed by atoms with van der Waals surface area (Å²) in [5.41, 5.74) is 0.663. The van der Waals surface area contributed by atoms with Gasteiger partial charge in [-0.15, -0.1) is 0 Å². The molecule has 0 heterocycles. The van der Waals surface area contributed by atoms with Crippen LogP contribution in [0.15, 0.2) is 24.3 Å². The number of hydrogen-bond acceptors (Lipinski definition) is 2. The number of amides is 1. The van der Waals surface area contributed by atoms with Crippen LogP contribution in [0.4, 0.5) is 0 Å². The predicted octanol–water partition coefficient (Wildman–Crippen LogP) is 2.18. The minimum Gasteiger partial charge on any atom is -0.352 e. The Morgan fingerprint density at radius 1 is 1.41 bits per heavy atom. The Bertz CT molecular complexity index is 405. The van der Waals surface area contributed by atoms with Crippen LogP contribution in [-0.4, -0.2) is 28.2 Å². The Hall–Kier alpha value is -0.430. The number of hydrogen-bond donors (Lipinski definition) is 1. The maximum atomic E-state index is 11.7. The summed E-state index contributed by atoms with van der Waals surface area (Å²) in [5.74, 6) is -0.0736. The second-order valence-corrected chi connectivity index (χ2v) is 6.91. The highest BCUT2D eigenvalue weighted by atomic mass is 127. The molecule has 0 aliphatic heterocycles. The van der Waals surface area contributed by atoms with E-state index >= 15 is 0 Å². The summed E-state index contributed by atoms with van der Waals surface area (Å²) in [4.78, 5) is 11.7. The molecule has 0 saturated carbocycles. The van der Waals surface area contributed by atoms with Crippen LogP contribution in [0.5, 0.6) is 0 Å². The molecular weight excluding hydrogens is 349 g/mol. The summed E-state index contributed by atoms with van der Waals surface area (Å²) in [6, 6.07) is 7.41. The van der Waals surface area contributed by atoms with Crippen molar-refractivity contribution in [1.82, 2.24) is 5.32 Å². The van der Waals surface area contributed by atoms with Gasteiger partial charge in [0.1, 0.15) is 0 Å². The van der Waals surface area contributed by atoms with Crippen molar-refractivity contribution >= 4 is 39.3 Å². The van der Waals surface area contributed by atoms with Crippen molar-refractivity contribution in [3.63, 3.8) is 0 Å². The predicted molar refractivity (Wildman–Crippen MR) is 79.6 cm³/mol. The number of benzene rings is 1. The molecule has 0 aliphatic rings. The molecule has 2 atom stereocenters. The van der Waals surface area contributed by atoms with Gasteiger partial charge in [0.25, 0.3) is 5.91 Å². The SMILES string of the molecule is CC(CCNC(=O)c1ccc(I)cc1)S(C)=O. The number of halogens is 1. The summed E-state index contributed by atoms with van der Waals surface area (Å²) in [5, 5.41) is 2.95. The molecule has 0 bridgehead atoms. The zero-order chi connectivity index (χ0) is 12.8. The smallest absolute Gasteiger partial charge is 0.251 e. The van der Waals surface area contributed by atoms with Crippen molar-refractivity contribution < 1.29 is 9.00 Å². The lowest BCUT2D eigenvalue weighted by molar-refractivity contribution is 0.0953. The van der Waals surface area contributed by atoms with E-state index in [4.69, 9.17) is 0 Å². The van der Waals surface area contributed by atoms with Gasteiger partial charge in [-0.3, -0.25) is 9.00 Å². The summed E-state index contributed by atoms with van der Waals surface area (Å²) < 4.78 is 12.2. The third-order valence-electron chi connectivity index (χ3n) is 2.51. The summed E-state index contributed by atoms with van der Waals surface area (Å²) in [6.07, 6.45) is 2.42. The van der Waals surface area contributed by atoms with Crippen LogP contribution >= 0.6 is 22.6 Å². The second-order valence-electron chi connectivity index (χ2n) is 3.86. The second kappa shape index (κ2) is 7.10. The van der Waals surface area contributed by atoms with Crippen molar-refractivity contribution in [3.05, 3.63) is 33.4 Å². The molecule has 0 saturated heterocycles. The van der Waals surface area contributed by atoms with Gasteiger partial charge in [0.2, 0.25) is 0 Å². The zero-order valence-electron chi connectivity index (χ0n) is 9.90. The molecule has 5 heteroatoms. The lowest BCUT2D eigenvalue weighted by Gasteiger charge is -2.09. The van der Waals surface area contributed by atoms with Crippen LogP contribution < -0.4 is 5.32 Å². The molecule has 0 spiro atoms. The van der Waals surface area contributed by atoms with Gasteiger partial charge in [-0.2, -0.15) is 0 Å². The molecule has 0 aliphatic carbocycles. The Labute approximate surface area is 118 Å². The number of nitrogens with one attached hydrogen (secondary N) is 1. The van der Waals surface area contributed by atoms with E-state index in [1.807, 2.05) is 19.1 Å². The molecule has 1 aromatic carbocycles. The van der Waals surface area contributed by atoms with Gasteiger partial charge in [0.15, 0.2) is 0 Å². The highest BCUT2D eigenvalue weighted by Crippen LogP contribution is 2.06. The molecule has 0 fully saturated rings. The van der Waals surface area contributed by atoms with Crippen molar-refractivity contribution in [1.29, 1.82) is 0 Å². The first-order valence-electron chi connectivity index (χ1n) is 5.36. The van der Waals surface area contributed by atoms with Crippen molar-refractivity contribution in [3.8, 4) is 0 Å². The first kappa shape index (κ1) is 14.6. The first-order chi connectivity index (χ1) is 8.00. The van der Waals surface area contributed by atoms with Gasteiger partial charge in [-0.1, -0.05) is 6.92 Å². The van der Waals surface area contributed by atoms with E-state index < -0.39 is 10.8 Å². The zero-order valence-corrected chi connectivity index (χ0v) is 12.9. The quantitative estimate of drug-likeness (QED) is 0.814. The molecule has 3 nitrogen and oxygen atoms in total. The molecule has 0 radical (unpaired) electrons. The van der Waals surface area contributed by atoms with E-state index in [1.54, 1.807) is 18.4 Å². The summed E-state index contributed by atoms with van der Waals surface area (Å²) >= 11 is 2.20. The van der Waals surface area contributed by atoms with Crippen LogP contribution in [0, 0.1) is 3.57 Å². The van der Waals surface area contributed by atoms with Crippen molar-refractivity contribution in [2.75, 3.05) is 12.8 Å². The van der Waals surface area contributed by atoms with Crippen LogP contribution in [0.1, 0.15) is 23.7 Å². The van der Waals surface area contributed by atoms with Gasteiger partial charge in [-0.05, 0) is 53.3 Å². The Morgan fingerprint density at radius 3 is 2.53 bits per heavy atom. The van der Waals surface area contributed by atoms with Gasteiger partial charge in [-0.25, -0.2) is 0 Å². The maximum Gasteiger partial charge on any atom is 0.251 e. The maximum absolute atomic E-state index is 11.7. The molecule has 17 heavy (non-hydrogen) atoms. The first-order valence-corrected chi connectivity index (χ1v) is 8.06. The molecule has 1 N–H and O–H groups in total. The van der Waals surface area contributed by atoms with E-state index in [0.717, 1.165) is 9.99 Å². The van der Waals surface area contributed by atoms with Gasteiger partial charge < -0.3 is 5.32 Å². The lowest BCUT2D eigenvalue weighted by atomic mass is 10.2.